The molecule has 0 aliphatic heterocycles. The van der Waals surface area contributed by atoms with Gasteiger partial charge in [0.15, 0.2) is 11.5 Å². The van der Waals surface area contributed by atoms with Crippen molar-refractivity contribution in [1.29, 1.82) is 0 Å². The summed E-state index contributed by atoms with van der Waals surface area (Å²) >= 11 is 5.90. The number of nitrogens with zero attached hydrogens (tertiary/aromatic N) is 2. The Morgan fingerprint density at radius 2 is 1.91 bits per heavy atom. The predicted octanol–water partition coefficient (Wildman–Crippen LogP) is 4.22. The molecular formula is C23H23ClN2O6S. The van der Waals surface area contributed by atoms with E-state index in [1.165, 1.54) is 31.5 Å². The van der Waals surface area contributed by atoms with Crippen LogP contribution in [0.2, 0.25) is 5.15 Å². The number of imidazole rings is 1. The summed E-state index contributed by atoms with van der Waals surface area (Å²) in [5, 5.41) is 0.436. The first-order valence-electron chi connectivity index (χ1n) is 9.81. The normalized spacial score (nSPS) is 11.5. The van der Waals surface area contributed by atoms with E-state index in [9.17, 15) is 13.2 Å². The molecule has 8 nitrogen and oxygen atoms in total. The summed E-state index contributed by atoms with van der Waals surface area (Å²) in [5.74, 6) is 0.160. The number of hydrogen-bond acceptors (Lipinski definition) is 7. The molecule has 0 fully saturated rings. The molecule has 0 N–H and O–H groups in total. The Bertz CT molecular complexity index is 1310. The number of carbonyl (C=O) groups is 1. The lowest BCUT2D eigenvalue weighted by atomic mass is 10.2. The molecule has 0 unspecified atom stereocenters. The smallest absolute Gasteiger partial charge is 0.339 e. The van der Waals surface area contributed by atoms with Crippen LogP contribution in [0.5, 0.6) is 11.5 Å². The van der Waals surface area contributed by atoms with Crippen molar-refractivity contribution in [3.05, 3.63) is 76.3 Å². The van der Waals surface area contributed by atoms with Crippen molar-refractivity contribution in [2.45, 2.75) is 25.3 Å². The van der Waals surface area contributed by atoms with E-state index in [-0.39, 0.29) is 23.0 Å². The van der Waals surface area contributed by atoms with Gasteiger partial charge in [-0.2, -0.15) is 8.42 Å². The molecule has 0 atom stereocenters. The van der Waals surface area contributed by atoms with Crippen molar-refractivity contribution in [3.63, 3.8) is 0 Å². The number of rotatable bonds is 8. The number of hydrogen-bond donors (Lipinski definition) is 0. The molecule has 1 heterocycles. The maximum Gasteiger partial charge on any atom is 0.339 e. The first-order chi connectivity index (χ1) is 15.6. The molecule has 2 aromatic carbocycles. The Balaban J connectivity index is 1.72. The molecular weight excluding hydrogens is 468 g/mol. The second-order valence-corrected chi connectivity index (χ2v) is 9.12. The molecule has 10 heteroatoms. The first kappa shape index (κ1) is 24.3. The van der Waals surface area contributed by atoms with Crippen molar-refractivity contribution in [3.8, 4) is 11.5 Å². The quantitative estimate of drug-likeness (QED) is 0.265. The van der Waals surface area contributed by atoms with E-state index in [1.54, 1.807) is 49.7 Å². The zero-order chi connectivity index (χ0) is 24.2. The summed E-state index contributed by atoms with van der Waals surface area (Å²) in [4.78, 5) is 16.2. The fourth-order valence-electron chi connectivity index (χ4n) is 2.90. The summed E-state index contributed by atoms with van der Waals surface area (Å²) in [6, 6.07) is 9.71. The second-order valence-electron chi connectivity index (χ2n) is 7.21. The van der Waals surface area contributed by atoms with Gasteiger partial charge in [-0.15, -0.1) is 0 Å². The van der Waals surface area contributed by atoms with Crippen LogP contribution >= 0.6 is 11.6 Å². The molecule has 1 aromatic heterocycles. The van der Waals surface area contributed by atoms with Crippen LogP contribution in [0.4, 0.5) is 0 Å². The van der Waals surface area contributed by atoms with E-state index in [2.05, 4.69) is 4.98 Å². The molecule has 174 valence electrons. The highest BCUT2D eigenvalue weighted by molar-refractivity contribution is 7.87. The number of methoxy groups -OCH3 is 1. The number of aromatic nitrogens is 2. The SMILES string of the molecule is COc1cc(C=CC(=O)OCc2ncc(Cl)n2C)ccc1OS(=O)(=O)c1cc(C)ccc1C. The number of ether oxygens (including phenoxy) is 2. The molecule has 0 saturated heterocycles. The zero-order valence-corrected chi connectivity index (χ0v) is 20.1. The third kappa shape index (κ3) is 5.94. The van der Waals surface area contributed by atoms with Gasteiger partial charge in [0.2, 0.25) is 0 Å². The number of halogens is 1. The average molecular weight is 491 g/mol. The summed E-state index contributed by atoms with van der Waals surface area (Å²) in [5.41, 5.74) is 1.96. The highest BCUT2D eigenvalue weighted by Gasteiger charge is 2.21. The average Bonchev–Trinajstić information content (AvgIpc) is 3.10. The largest absolute Gasteiger partial charge is 0.493 e. The van der Waals surface area contributed by atoms with Gasteiger partial charge >= 0.3 is 16.1 Å². The summed E-state index contributed by atoms with van der Waals surface area (Å²) in [6.45, 7) is 3.47. The Labute approximate surface area is 197 Å². The van der Waals surface area contributed by atoms with Crippen LogP contribution < -0.4 is 8.92 Å². The minimum Gasteiger partial charge on any atom is -0.493 e. The van der Waals surface area contributed by atoms with Gasteiger partial charge in [-0.3, -0.25) is 0 Å². The van der Waals surface area contributed by atoms with Crippen LogP contribution in [0.1, 0.15) is 22.5 Å². The van der Waals surface area contributed by atoms with Gasteiger partial charge in [0.05, 0.1) is 13.3 Å². The third-order valence-corrected chi connectivity index (χ3v) is 6.51. The lowest BCUT2D eigenvalue weighted by molar-refractivity contribution is -0.139. The topological polar surface area (TPSA) is 96.7 Å². The van der Waals surface area contributed by atoms with Crippen LogP contribution in [-0.2, 0) is 33.3 Å². The summed E-state index contributed by atoms with van der Waals surface area (Å²) in [6.07, 6.45) is 4.23. The Hall–Kier alpha value is -3.30. The van der Waals surface area contributed by atoms with E-state index in [0.29, 0.717) is 22.1 Å². The van der Waals surface area contributed by atoms with Crippen LogP contribution in [-0.4, -0.2) is 31.0 Å². The van der Waals surface area contributed by atoms with Crippen LogP contribution in [0.25, 0.3) is 6.08 Å². The Morgan fingerprint density at radius 3 is 2.58 bits per heavy atom. The second kappa shape index (κ2) is 10.1. The predicted molar refractivity (Wildman–Crippen MR) is 124 cm³/mol. The van der Waals surface area contributed by atoms with E-state index in [1.807, 2.05) is 6.07 Å². The number of carbonyl (C=O) groups excluding carboxylic acids is 1. The molecule has 3 aromatic rings. The molecule has 0 radical (unpaired) electrons. The number of esters is 1. The number of benzene rings is 2. The van der Waals surface area contributed by atoms with Gasteiger partial charge in [0.25, 0.3) is 0 Å². The van der Waals surface area contributed by atoms with Gasteiger partial charge in [-0.05, 0) is 54.8 Å². The lowest BCUT2D eigenvalue weighted by Gasteiger charge is -2.13. The van der Waals surface area contributed by atoms with Crippen LogP contribution in [0, 0.1) is 13.8 Å². The van der Waals surface area contributed by atoms with Crippen LogP contribution in [0.3, 0.4) is 0 Å². The van der Waals surface area contributed by atoms with Gasteiger partial charge in [0.1, 0.15) is 22.5 Å². The fourth-order valence-corrected chi connectivity index (χ4v) is 4.31. The minimum atomic E-state index is -4.06. The van der Waals surface area contributed by atoms with Crippen molar-refractivity contribution in [2.75, 3.05) is 7.11 Å². The minimum absolute atomic E-state index is 0.0290. The van der Waals surface area contributed by atoms with Crippen LogP contribution in [0.15, 0.2) is 53.6 Å². The molecule has 0 spiro atoms. The van der Waals surface area contributed by atoms with Crippen molar-refractivity contribution >= 4 is 33.8 Å². The molecule has 0 aliphatic rings. The van der Waals surface area contributed by atoms with Crippen molar-refractivity contribution in [1.82, 2.24) is 9.55 Å². The van der Waals surface area contributed by atoms with Gasteiger partial charge < -0.3 is 18.2 Å². The molecule has 0 amide bonds. The molecule has 0 aliphatic carbocycles. The standard InChI is InChI=1S/C23H23ClN2O6S/c1-15-5-6-16(2)20(11-15)33(28,29)32-18-9-7-17(12-19(18)30-4)8-10-23(27)31-14-22-25-13-21(24)26(22)3/h5-13H,14H2,1-4H3. The van der Waals surface area contributed by atoms with Gasteiger partial charge in [-0.1, -0.05) is 29.8 Å². The Kier molecular flexibility index (Phi) is 7.45. The molecule has 3 rings (SSSR count). The monoisotopic (exact) mass is 490 g/mol. The molecule has 0 saturated carbocycles. The van der Waals surface area contributed by atoms with Gasteiger partial charge in [0, 0.05) is 13.1 Å². The highest BCUT2D eigenvalue weighted by Crippen LogP contribution is 2.32. The van der Waals surface area contributed by atoms with E-state index in [4.69, 9.17) is 25.3 Å². The van der Waals surface area contributed by atoms with Crippen molar-refractivity contribution < 1.29 is 26.9 Å². The van der Waals surface area contributed by atoms with E-state index >= 15 is 0 Å². The molecule has 0 bridgehead atoms. The van der Waals surface area contributed by atoms with E-state index in [0.717, 1.165) is 5.56 Å². The lowest BCUT2D eigenvalue weighted by Crippen LogP contribution is -2.12. The Morgan fingerprint density at radius 1 is 1.15 bits per heavy atom. The fraction of sp³-hybridized carbons (Fsp3) is 0.217. The van der Waals surface area contributed by atoms with Gasteiger partial charge in [-0.25, -0.2) is 9.78 Å². The van der Waals surface area contributed by atoms with E-state index < -0.39 is 16.1 Å². The first-order valence-corrected chi connectivity index (χ1v) is 11.6. The molecule has 33 heavy (non-hydrogen) atoms. The maximum absolute atomic E-state index is 12.8. The summed E-state index contributed by atoms with van der Waals surface area (Å²) in [7, 11) is -0.954. The maximum atomic E-state index is 12.8. The third-order valence-electron chi connectivity index (χ3n) is 4.78. The number of aryl methyl sites for hydroxylation is 2. The highest BCUT2D eigenvalue weighted by atomic mass is 35.5. The van der Waals surface area contributed by atoms with Crippen molar-refractivity contribution in [2.24, 2.45) is 7.05 Å². The zero-order valence-electron chi connectivity index (χ0n) is 18.5. The summed E-state index contributed by atoms with van der Waals surface area (Å²) < 4.78 is 43.0.